The highest BCUT2D eigenvalue weighted by Crippen LogP contribution is 2.41. The van der Waals surface area contributed by atoms with Gasteiger partial charge in [0.25, 0.3) is 5.91 Å². The van der Waals surface area contributed by atoms with Gasteiger partial charge in [0.2, 0.25) is 0 Å². The Hall–Kier alpha value is -3.86. The highest BCUT2D eigenvalue weighted by atomic mass is 19.1. The van der Waals surface area contributed by atoms with Crippen LogP contribution in [0.2, 0.25) is 0 Å². The molecule has 4 aromatic rings. The van der Waals surface area contributed by atoms with Crippen LogP contribution in [0.1, 0.15) is 59.0 Å². The van der Waals surface area contributed by atoms with Gasteiger partial charge in [-0.2, -0.15) is 5.10 Å². The molecule has 1 saturated carbocycles. The Morgan fingerprint density at radius 3 is 2.66 bits per heavy atom. The van der Waals surface area contributed by atoms with E-state index in [1.807, 2.05) is 30.0 Å². The molecule has 2 aromatic heterocycles. The van der Waals surface area contributed by atoms with Crippen LogP contribution >= 0.6 is 0 Å². The highest BCUT2D eigenvalue weighted by molar-refractivity contribution is 5.93. The summed E-state index contributed by atoms with van der Waals surface area (Å²) in [6, 6.07) is 15.6. The summed E-state index contributed by atoms with van der Waals surface area (Å²) < 4.78 is 17.2. The molecule has 0 unspecified atom stereocenters. The number of benzene rings is 2. The van der Waals surface area contributed by atoms with E-state index in [4.69, 9.17) is 10.1 Å². The lowest BCUT2D eigenvalue weighted by Gasteiger charge is -2.35. The lowest BCUT2D eigenvalue weighted by molar-refractivity contribution is 0.0304. The van der Waals surface area contributed by atoms with Gasteiger partial charge in [0.15, 0.2) is 5.65 Å². The summed E-state index contributed by atoms with van der Waals surface area (Å²) in [6.07, 6.45) is 0.646. The predicted octanol–water partition coefficient (Wildman–Crippen LogP) is 3.08. The Morgan fingerprint density at radius 1 is 1.10 bits per heavy atom. The third kappa shape index (κ3) is 4.37. The summed E-state index contributed by atoms with van der Waals surface area (Å²) in [5.41, 5.74) is 5.31. The van der Waals surface area contributed by atoms with Crippen LogP contribution in [-0.2, 0) is 6.42 Å². The molecule has 7 rings (SSSR count). The topological polar surface area (TPSA) is 114 Å². The smallest absolute Gasteiger partial charge is 0.273 e. The Balaban J connectivity index is 1.22. The number of hydrogen-bond donors (Lipinski definition) is 3. The normalized spacial score (nSPS) is 24.2. The molecule has 3 N–H and O–H groups in total. The maximum absolute atomic E-state index is 15.5. The lowest BCUT2D eigenvalue weighted by atomic mass is 9.93. The number of aliphatic hydroxyl groups is 3. The minimum atomic E-state index is -1.12. The number of carbonyl (C=O) groups excluding carboxylic acids is 1. The molecule has 9 nitrogen and oxygen atoms in total. The first-order valence-electron chi connectivity index (χ1n) is 14.2. The fourth-order valence-electron chi connectivity index (χ4n) is 6.38. The number of rotatable bonds is 5. The van der Waals surface area contributed by atoms with E-state index in [9.17, 15) is 20.1 Å². The molecule has 0 bridgehead atoms. The SMILES string of the molecule is C[C@@H]1c2ccccc2CCN1C(=O)c1cc(C2CC2)n2nc(-c3ccc(N4C[C@H](O)[C@H](O)[C@H]4CO)cc3F)cc2n1. The minimum Gasteiger partial charge on any atom is -0.394 e. The van der Waals surface area contributed by atoms with Gasteiger partial charge in [0.1, 0.15) is 17.6 Å². The van der Waals surface area contributed by atoms with E-state index in [2.05, 4.69) is 12.1 Å². The fourth-order valence-corrected chi connectivity index (χ4v) is 6.38. The average Bonchev–Trinajstić information content (AvgIpc) is 3.67. The molecule has 41 heavy (non-hydrogen) atoms. The molecule has 3 aliphatic rings. The molecule has 1 saturated heterocycles. The van der Waals surface area contributed by atoms with Crippen molar-refractivity contribution in [3.05, 3.63) is 82.9 Å². The van der Waals surface area contributed by atoms with Gasteiger partial charge in [-0.15, -0.1) is 0 Å². The molecule has 2 aromatic carbocycles. The largest absolute Gasteiger partial charge is 0.394 e. The number of fused-ring (bicyclic) bond motifs is 2. The van der Waals surface area contributed by atoms with Crippen LogP contribution in [0.15, 0.2) is 54.6 Å². The Labute approximate surface area is 236 Å². The summed E-state index contributed by atoms with van der Waals surface area (Å²) in [5.74, 6) is -0.373. The molecule has 4 heterocycles. The van der Waals surface area contributed by atoms with Crippen LogP contribution in [-0.4, -0.2) is 78.7 Å². The summed E-state index contributed by atoms with van der Waals surface area (Å²) in [6.45, 7) is 2.39. The molecule has 2 aliphatic heterocycles. The van der Waals surface area contributed by atoms with Gasteiger partial charge >= 0.3 is 0 Å². The zero-order valence-electron chi connectivity index (χ0n) is 22.7. The van der Waals surface area contributed by atoms with Gasteiger partial charge in [-0.05, 0) is 61.6 Å². The first kappa shape index (κ1) is 26.1. The van der Waals surface area contributed by atoms with Crippen molar-refractivity contribution in [3.63, 3.8) is 0 Å². The quantitative estimate of drug-likeness (QED) is 0.346. The monoisotopic (exact) mass is 557 g/mol. The Kier molecular flexibility index (Phi) is 6.29. The summed E-state index contributed by atoms with van der Waals surface area (Å²) >= 11 is 0. The molecule has 1 amide bonds. The molecular formula is C31H32FN5O4. The molecule has 4 atom stereocenters. The van der Waals surface area contributed by atoms with Gasteiger partial charge in [-0.25, -0.2) is 13.9 Å². The molecule has 0 radical (unpaired) electrons. The average molecular weight is 558 g/mol. The van der Waals surface area contributed by atoms with Gasteiger partial charge in [0, 0.05) is 42.0 Å². The van der Waals surface area contributed by atoms with Crippen molar-refractivity contribution in [2.45, 2.75) is 56.4 Å². The van der Waals surface area contributed by atoms with Gasteiger partial charge < -0.3 is 25.1 Å². The summed E-state index contributed by atoms with van der Waals surface area (Å²) in [7, 11) is 0. The number of halogens is 1. The van der Waals surface area contributed by atoms with Gasteiger partial charge in [0.05, 0.1) is 30.5 Å². The van der Waals surface area contributed by atoms with E-state index in [0.29, 0.717) is 29.3 Å². The highest BCUT2D eigenvalue weighted by Gasteiger charge is 2.40. The van der Waals surface area contributed by atoms with E-state index < -0.39 is 24.1 Å². The number of aliphatic hydroxyl groups excluding tert-OH is 3. The number of β-amino-alcohol motifs (C(OH)–C–C–N with tert-alkyl or cyclic N) is 1. The first-order valence-corrected chi connectivity index (χ1v) is 14.2. The zero-order chi connectivity index (χ0) is 28.4. The minimum absolute atomic E-state index is 0.0637. The number of amides is 1. The zero-order valence-corrected chi connectivity index (χ0v) is 22.7. The number of carbonyl (C=O) groups is 1. The van der Waals surface area contributed by atoms with E-state index in [-0.39, 0.29) is 36.6 Å². The van der Waals surface area contributed by atoms with Crippen molar-refractivity contribution in [1.82, 2.24) is 19.5 Å². The molecule has 1 aliphatic carbocycles. The van der Waals surface area contributed by atoms with Crippen molar-refractivity contribution < 1.29 is 24.5 Å². The second-order valence-electron chi connectivity index (χ2n) is 11.4. The number of nitrogens with zero attached hydrogens (tertiary/aromatic N) is 5. The molecule has 2 fully saturated rings. The lowest BCUT2D eigenvalue weighted by Crippen LogP contribution is -2.39. The maximum Gasteiger partial charge on any atom is 0.273 e. The Bertz CT molecular complexity index is 1650. The Morgan fingerprint density at radius 2 is 1.90 bits per heavy atom. The van der Waals surface area contributed by atoms with Crippen molar-refractivity contribution in [2.75, 3.05) is 24.6 Å². The van der Waals surface area contributed by atoms with Crippen LogP contribution in [0, 0.1) is 5.82 Å². The third-order valence-corrected chi connectivity index (χ3v) is 8.84. The molecular weight excluding hydrogens is 525 g/mol. The van der Waals surface area contributed by atoms with Crippen molar-refractivity contribution in [1.29, 1.82) is 0 Å². The van der Waals surface area contributed by atoms with E-state index in [0.717, 1.165) is 30.5 Å². The van der Waals surface area contributed by atoms with Crippen LogP contribution in [0.5, 0.6) is 0 Å². The standard InChI is InChI=1S/C31H32FN5O4/c1-17-21-5-3-2-4-18(21)10-11-35(17)31(41)25-13-26(19-6-7-19)37-29(33-25)14-24(34-37)22-9-8-20(12-23(22)32)36-15-28(39)30(40)27(36)16-38/h2-5,8-9,12-14,17,19,27-28,30,38-40H,6-7,10-11,15-16H2,1H3/t17-,27-,28+,30-/m1/s1. The molecule has 212 valence electrons. The summed E-state index contributed by atoms with van der Waals surface area (Å²) in [5, 5.41) is 34.6. The summed E-state index contributed by atoms with van der Waals surface area (Å²) in [4.78, 5) is 21.9. The maximum atomic E-state index is 15.5. The van der Waals surface area contributed by atoms with Crippen molar-refractivity contribution >= 4 is 17.2 Å². The number of anilines is 1. The molecule has 10 heteroatoms. The third-order valence-electron chi connectivity index (χ3n) is 8.84. The van der Waals surface area contributed by atoms with Crippen LogP contribution in [0.3, 0.4) is 0 Å². The second kappa shape index (κ2) is 9.90. The van der Waals surface area contributed by atoms with Crippen LogP contribution in [0.4, 0.5) is 10.1 Å². The van der Waals surface area contributed by atoms with Crippen LogP contribution in [0.25, 0.3) is 16.9 Å². The van der Waals surface area contributed by atoms with Crippen molar-refractivity contribution in [3.8, 4) is 11.3 Å². The first-order chi connectivity index (χ1) is 19.8. The van der Waals surface area contributed by atoms with Gasteiger partial charge in [-0.1, -0.05) is 24.3 Å². The van der Waals surface area contributed by atoms with E-state index in [1.165, 1.54) is 11.6 Å². The van der Waals surface area contributed by atoms with E-state index >= 15 is 4.39 Å². The van der Waals surface area contributed by atoms with Crippen LogP contribution < -0.4 is 4.90 Å². The van der Waals surface area contributed by atoms with Gasteiger partial charge in [-0.3, -0.25) is 4.79 Å². The predicted molar refractivity (Wildman–Crippen MR) is 150 cm³/mol. The number of aromatic nitrogens is 3. The van der Waals surface area contributed by atoms with E-state index in [1.54, 1.807) is 27.6 Å². The number of hydrogen-bond acceptors (Lipinski definition) is 7. The molecule has 0 spiro atoms. The second-order valence-corrected chi connectivity index (χ2v) is 11.4. The fraction of sp³-hybridized carbons (Fsp3) is 0.387. The van der Waals surface area contributed by atoms with Crippen molar-refractivity contribution in [2.24, 2.45) is 0 Å².